The molecule has 0 amide bonds. The highest BCUT2D eigenvalue weighted by molar-refractivity contribution is 7.80. The first-order valence-corrected chi connectivity index (χ1v) is 15.4. The van der Waals surface area contributed by atoms with E-state index in [2.05, 4.69) is 25.0 Å². The molecule has 36 heavy (non-hydrogen) atoms. The average molecular weight is 533 g/mol. The Balaban J connectivity index is 1.44. The van der Waals surface area contributed by atoms with Crippen LogP contribution in [0.2, 0.25) is 0 Å². The van der Waals surface area contributed by atoms with Gasteiger partial charge in [0.1, 0.15) is 0 Å². The molecule has 0 heterocycles. The third kappa shape index (κ3) is 4.91. The Labute approximate surface area is 216 Å². The van der Waals surface area contributed by atoms with Gasteiger partial charge in [0, 0.05) is 11.8 Å². The summed E-state index contributed by atoms with van der Waals surface area (Å²) >= 11 is 0. The molecule has 8 nitrogen and oxygen atoms in total. The van der Waals surface area contributed by atoms with Crippen LogP contribution in [0.25, 0.3) is 0 Å². The molecule has 0 aliphatic heterocycles. The molecule has 0 unspecified atom stereocenters. The van der Waals surface area contributed by atoms with Crippen molar-refractivity contribution in [3.8, 4) is 0 Å². The third-order valence-corrected chi connectivity index (χ3v) is 11.9. The number of aliphatic hydroxyl groups excluding tert-OH is 3. The molecule has 4 fully saturated rings. The van der Waals surface area contributed by atoms with E-state index in [1.807, 2.05) is 6.92 Å². The van der Waals surface area contributed by atoms with Crippen LogP contribution in [-0.4, -0.2) is 63.9 Å². The topological polar surface area (TPSA) is 145 Å². The van der Waals surface area contributed by atoms with Crippen molar-refractivity contribution in [3.63, 3.8) is 0 Å². The second kappa shape index (κ2) is 10.0. The van der Waals surface area contributed by atoms with Crippen LogP contribution in [0.3, 0.4) is 0 Å². The average Bonchev–Trinajstić information content (AvgIpc) is 3.05. The van der Waals surface area contributed by atoms with Gasteiger partial charge in [-0.25, -0.2) is 4.18 Å². The number of hydrogen-bond donors (Lipinski definition) is 5. The second-order valence-electron chi connectivity index (χ2n) is 13.5. The van der Waals surface area contributed by atoms with Gasteiger partial charge in [-0.15, -0.1) is 0 Å². The smallest absolute Gasteiger partial charge is 0.393 e. The summed E-state index contributed by atoms with van der Waals surface area (Å²) in [6.07, 6.45) is 5.57. The fourth-order valence-corrected chi connectivity index (χ4v) is 9.94. The van der Waals surface area contributed by atoms with E-state index in [0.29, 0.717) is 31.1 Å². The summed E-state index contributed by atoms with van der Waals surface area (Å²) in [7, 11) is -4.41. The van der Waals surface area contributed by atoms with Crippen molar-refractivity contribution in [2.75, 3.05) is 6.61 Å². The van der Waals surface area contributed by atoms with Crippen molar-refractivity contribution in [2.45, 2.75) is 116 Å². The molecule has 0 spiro atoms. The molecule has 4 aliphatic rings. The Morgan fingerprint density at radius 1 is 1.03 bits per heavy atom. The van der Waals surface area contributed by atoms with Gasteiger partial charge in [-0.2, -0.15) is 8.42 Å². The quantitative estimate of drug-likeness (QED) is 0.299. The van der Waals surface area contributed by atoms with E-state index in [9.17, 15) is 28.8 Å². The van der Waals surface area contributed by atoms with Gasteiger partial charge in [-0.3, -0.25) is 4.55 Å². The van der Waals surface area contributed by atoms with Crippen LogP contribution in [0.1, 0.15) is 91.9 Å². The van der Waals surface area contributed by atoms with Crippen LogP contribution in [0.5, 0.6) is 0 Å². The molecule has 5 N–H and O–H groups in total. The predicted octanol–water partition coefficient (Wildman–Crippen LogP) is 3.32. The predicted molar refractivity (Wildman–Crippen MR) is 135 cm³/mol. The Kier molecular flexibility index (Phi) is 8.00. The van der Waals surface area contributed by atoms with Crippen molar-refractivity contribution >= 4 is 10.4 Å². The van der Waals surface area contributed by atoms with E-state index in [1.165, 1.54) is 0 Å². The number of aliphatic hydroxyl groups is 4. The van der Waals surface area contributed by atoms with Crippen molar-refractivity contribution < 1.29 is 37.6 Å². The van der Waals surface area contributed by atoms with Gasteiger partial charge in [0.05, 0.1) is 30.5 Å². The molecular weight excluding hydrogens is 484 g/mol. The third-order valence-electron chi connectivity index (χ3n) is 11.4. The molecule has 210 valence electrons. The molecule has 4 saturated carbocycles. The van der Waals surface area contributed by atoms with Gasteiger partial charge < -0.3 is 20.4 Å². The first-order chi connectivity index (χ1) is 16.6. The van der Waals surface area contributed by atoms with Crippen LogP contribution in [-0.2, 0) is 14.6 Å². The highest BCUT2D eigenvalue weighted by atomic mass is 32.3. The molecule has 9 heteroatoms. The Morgan fingerprint density at radius 2 is 1.72 bits per heavy atom. The van der Waals surface area contributed by atoms with Crippen molar-refractivity contribution in [3.05, 3.63) is 0 Å². The normalized spacial score (nSPS) is 48.5. The summed E-state index contributed by atoms with van der Waals surface area (Å²) in [5.74, 6) is 1.25. The fraction of sp³-hybridized carbons (Fsp3) is 1.00. The SMILES string of the molecule is C[C@@H](CCC[C@@H](C)[C@H]1C[C@H](O)[C@H]2[C@@H]3C[C@@H](O)[C@@]4(O)C[C@@H](O)CC[C@]4(C)[C@H]3CC[C@@]21C)COS(=O)(=O)O. The van der Waals surface area contributed by atoms with E-state index in [4.69, 9.17) is 4.55 Å². The van der Waals surface area contributed by atoms with Crippen LogP contribution >= 0.6 is 0 Å². The van der Waals surface area contributed by atoms with Crippen LogP contribution in [0.4, 0.5) is 0 Å². The van der Waals surface area contributed by atoms with Gasteiger partial charge >= 0.3 is 10.4 Å². The van der Waals surface area contributed by atoms with E-state index in [0.717, 1.165) is 38.5 Å². The summed E-state index contributed by atoms with van der Waals surface area (Å²) < 4.78 is 34.9. The van der Waals surface area contributed by atoms with Crippen molar-refractivity contribution in [1.29, 1.82) is 0 Å². The molecule has 0 radical (unpaired) electrons. The minimum atomic E-state index is -4.41. The Hall–Kier alpha value is -0.290. The Bertz CT molecular complexity index is 896. The summed E-state index contributed by atoms with van der Waals surface area (Å²) in [6, 6.07) is 0. The summed E-state index contributed by atoms with van der Waals surface area (Å²) in [5, 5.41) is 44.5. The lowest BCUT2D eigenvalue weighted by molar-refractivity contribution is -0.268. The minimum absolute atomic E-state index is 0.0179. The molecular formula is C27H48O8S. The van der Waals surface area contributed by atoms with Gasteiger partial charge in [0.25, 0.3) is 0 Å². The monoisotopic (exact) mass is 532 g/mol. The fourth-order valence-electron chi connectivity index (χ4n) is 9.53. The van der Waals surface area contributed by atoms with Gasteiger partial charge in [0.15, 0.2) is 0 Å². The van der Waals surface area contributed by atoms with Crippen LogP contribution in [0.15, 0.2) is 0 Å². The lowest BCUT2D eigenvalue weighted by Gasteiger charge is -2.65. The van der Waals surface area contributed by atoms with Gasteiger partial charge in [-0.05, 0) is 85.9 Å². The zero-order valence-corrected chi connectivity index (χ0v) is 23.2. The van der Waals surface area contributed by atoms with E-state index >= 15 is 0 Å². The van der Waals surface area contributed by atoms with E-state index in [-0.39, 0.29) is 42.1 Å². The molecule has 0 saturated heterocycles. The van der Waals surface area contributed by atoms with Gasteiger partial charge in [-0.1, -0.05) is 40.5 Å². The maximum absolute atomic E-state index is 11.6. The first-order valence-electron chi connectivity index (χ1n) is 14.0. The highest BCUT2D eigenvalue weighted by Gasteiger charge is 2.68. The maximum atomic E-state index is 11.6. The molecule has 0 aromatic rings. The first kappa shape index (κ1) is 28.7. The van der Waals surface area contributed by atoms with E-state index < -0.39 is 39.7 Å². The number of fused-ring (bicyclic) bond motifs is 5. The zero-order chi connectivity index (χ0) is 26.7. The largest absolute Gasteiger partial charge is 0.397 e. The summed E-state index contributed by atoms with van der Waals surface area (Å²) in [6.45, 7) is 8.58. The standard InChI is InChI=1S/C27H48O8S/c1-16(15-35-36(32,33)34)6-5-7-17(2)21-13-22(29)24-19-12-23(30)27(31)14-18(28)8-11-26(27,4)20(19)9-10-25(21,24)3/h16-24,28-31H,5-15H2,1-4H3,(H,32,33,34)/t16-,17+,18-,19+,20-,21+,22-,23+,24+,25+,26+,27-/m0/s1. The lowest BCUT2D eigenvalue weighted by atomic mass is 9.42. The van der Waals surface area contributed by atoms with Crippen LogP contribution < -0.4 is 0 Å². The summed E-state index contributed by atoms with van der Waals surface area (Å²) in [4.78, 5) is 0. The molecule has 12 atom stereocenters. The molecule has 0 bridgehead atoms. The number of hydrogen-bond acceptors (Lipinski definition) is 7. The Morgan fingerprint density at radius 3 is 2.39 bits per heavy atom. The molecule has 0 aromatic heterocycles. The van der Waals surface area contributed by atoms with Gasteiger partial charge in [0.2, 0.25) is 0 Å². The van der Waals surface area contributed by atoms with E-state index in [1.54, 1.807) is 0 Å². The minimum Gasteiger partial charge on any atom is -0.393 e. The number of rotatable bonds is 8. The maximum Gasteiger partial charge on any atom is 0.397 e. The lowest BCUT2D eigenvalue weighted by Crippen LogP contribution is -2.69. The zero-order valence-electron chi connectivity index (χ0n) is 22.3. The molecule has 4 aliphatic carbocycles. The van der Waals surface area contributed by atoms with Crippen molar-refractivity contribution in [1.82, 2.24) is 0 Å². The summed E-state index contributed by atoms with van der Waals surface area (Å²) in [5.41, 5.74) is -1.76. The van der Waals surface area contributed by atoms with Crippen LogP contribution in [0, 0.1) is 46.3 Å². The van der Waals surface area contributed by atoms with Crippen molar-refractivity contribution in [2.24, 2.45) is 46.3 Å². The second-order valence-corrected chi connectivity index (χ2v) is 14.6. The molecule has 4 rings (SSSR count). The molecule has 0 aromatic carbocycles. The highest BCUT2D eigenvalue weighted by Crippen LogP contribution is 2.69.